The second-order valence-corrected chi connectivity index (χ2v) is 7.19. The molecule has 24 heavy (non-hydrogen) atoms. The van der Waals surface area contributed by atoms with E-state index >= 15 is 0 Å². The number of unbranched alkanes of at least 4 members (excludes halogenated alkanes) is 3. The van der Waals surface area contributed by atoms with Crippen LogP contribution in [-0.4, -0.2) is 73.7 Å². The van der Waals surface area contributed by atoms with Crippen LogP contribution in [-0.2, 0) is 19.0 Å². The summed E-state index contributed by atoms with van der Waals surface area (Å²) < 4.78 is 16.4. The average Bonchev–Trinajstić information content (AvgIpc) is 2.59. The van der Waals surface area contributed by atoms with Crippen LogP contribution in [0.1, 0.15) is 51.9 Å². The molecule has 6 nitrogen and oxygen atoms in total. The van der Waals surface area contributed by atoms with Gasteiger partial charge in [0.05, 0.1) is 19.3 Å². The van der Waals surface area contributed by atoms with Crippen molar-refractivity contribution >= 4 is 5.97 Å². The second-order valence-electron chi connectivity index (χ2n) is 7.19. The van der Waals surface area contributed by atoms with Gasteiger partial charge in [0.25, 0.3) is 0 Å². The van der Waals surface area contributed by atoms with Crippen molar-refractivity contribution in [1.82, 2.24) is 4.90 Å². The van der Waals surface area contributed by atoms with Crippen molar-refractivity contribution in [1.29, 1.82) is 0 Å². The molecule has 2 saturated heterocycles. The SMILES string of the molecule is CCCCCC[C@@](O)(CN1CCOC2(CCOCC2)C1)C(=O)OC. The molecule has 0 unspecified atom stereocenters. The molecule has 0 radical (unpaired) electrons. The largest absolute Gasteiger partial charge is 0.467 e. The van der Waals surface area contributed by atoms with Gasteiger partial charge in [0.15, 0.2) is 5.60 Å². The predicted octanol–water partition coefficient (Wildman–Crippen LogP) is 1.74. The molecule has 0 amide bonds. The number of β-amino-alcohol motifs (C(OH)–C–C–N with tert-alkyl or cyclic N) is 1. The first kappa shape index (κ1) is 19.6. The van der Waals surface area contributed by atoms with Crippen molar-refractivity contribution in [3.63, 3.8) is 0 Å². The van der Waals surface area contributed by atoms with E-state index < -0.39 is 11.6 Å². The van der Waals surface area contributed by atoms with E-state index in [2.05, 4.69) is 11.8 Å². The van der Waals surface area contributed by atoms with E-state index in [1.165, 1.54) is 7.11 Å². The molecule has 1 atom stereocenters. The highest BCUT2D eigenvalue weighted by atomic mass is 16.5. The Labute approximate surface area is 145 Å². The van der Waals surface area contributed by atoms with Gasteiger partial charge in [0, 0.05) is 45.7 Å². The fraction of sp³-hybridized carbons (Fsp3) is 0.944. The molecule has 1 spiro atoms. The van der Waals surface area contributed by atoms with Crippen molar-refractivity contribution < 1.29 is 24.1 Å². The first-order chi connectivity index (χ1) is 11.5. The molecular formula is C18H33NO5. The lowest BCUT2D eigenvalue weighted by Gasteiger charge is -2.46. The Morgan fingerprint density at radius 3 is 2.67 bits per heavy atom. The molecule has 2 rings (SSSR count). The summed E-state index contributed by atoms with van der Waals surface area (Å²) in [5.41, 5.74) is -1.61. The Hall–Kier alpha value is -0.690. The maximum Gasteiger partial charge on any atom is 0.339 e. The summed E-state index contributed by atoms with van der Waals surface area (Å²) in [6.45, 7) is 6.00. The predicted molar refractivity (Wildman–Crippen MR) is 90.9 cm³/mol. The smallest absolute Gasteiger partial charge is 0.339 e. The maximum atomic E-state index is 12.2. The minimum absolute atomic E-state index is 0.185. The van der Waals surface area contributed by atoms with Crippen LogP contribution >= 0.6 is 0 Å². The lowest BCUT2D eigenvalue weighted by atomic mass is 9.90. The van der Waals surface area contributed by atoms with E-state index in [1.807, 2.05) is 0 Å². The number of aliphatic hydroxyl groups is 1. The number of carbonyl (C=O) groups is 1. The van der Waals surface area contributed by atoms with Crippen LogP contribution in [0.4, 0.5) is 0 Å². The minimum Gasteiger partial charge on any atom is -0.467 e. The molecule has 2 aliphatic rings. The first-order valence-corrected chi connectivity index (χ1v) is 9.28. The molecule has 0 aromatic carbocycles. The molecule has 0 bridgehead atoms. The molecule has 0 aliphatic carbocycles. The Morgan fingerprint density at radius 1 is 1.25 bits per heavy atom. The fourth-order valence-electron chi connectivity index (χ4n) is 3.75. The van der Waals surface area contributed by atoms with Gasteiger partial charge >= 0.3 is 5.97 Å². The van der Waals surface area contributed by atoms with Gasteiger partial charge in [-0.2, -0.15) is 0 Å². The maximum absolute atomic E-state index is 12.2. The first-order valence-electron chi connectivity index (χ1n) is 9.28. The van der Waals surface area contributed by atoms with Gasteiger partial charge in [-0.1, -0.05) is 26.2 Å². The van der Waals surface area contributed by atoms with Crippen LogP contribution in [0.15, 0.2) is 0 Å². The van der Waals surface area contributed by atoms with Crippen LogP contribution in [0.5, 0.6) is 0 Å². The number of nitrogens with zero attached hydrogens (tertiary/aromatic N) is 1. The number of esters is 1. The van der Waals surface area contributed by atoms with Gasteiger partial charge in [0.1, 0.15) is 0 Å². The summed E-state index contributed by atoms with van der Waals surface area (Å²) in [6, 6.07) is 0. The van der Waals surface area contributed by atoms with E-state index in [0.717, 1.165) is 51.6 Å². The van der Waals surface area contributed by atoms with E-state index in [-0.39, 0.29) is 5.60 Å². The zero-order chi connectivity index (χ0) is 17.5. The molecule has 0 aromatic heterocycles. The molecule has 0 saturated carbocycles. The number of hydrogen-bond donors (Lipinski definition) is 1. The van der Waals surface area contributed by atoms with Gasteiger partial charge < -0.3 is 19.3 Å². The number of ether oxygens (including phenoxy) is 3. The number of morpholine rings is 1. The molecular weight excluding hydrogens is 310 g/mol. The normalized spacial score (nSPS) is 23.8. The lowest BCUT2D eigenvalue weighted by Crippen LogP contribution is -2.59. The van der Waals surface area contributed by atoms with Gasteiger partial charge in [-0.3, -0.25) is 4.90 Å². The molecule has 2 aliphatic heterocycles. The third kappa shape index (κ3) is 5.15. The third-order valence-corrected chi connectivity index (χ3v) is 5.23. The van der Waals surface area contributed by atoms with Crippen LogP contribution in [0, 0.1) is 0 Å². The molecule has 0 aromatic rings. The zero-order valence-corrected chi connectivity index (χ0v) is 15.2. The molecule has 140 valence electrons. The Bertz CT molecular complexity index is 391. The van der Waals surface area contributed by atoms with Crippen molar-refractivity contribution in [2.75, 3.05) is 46.6 Å². The Morgan fingerprint density at radius 2 is 2.00 bits per heavy atom. The minimum atomic E-state index is -1.42. The van der Waals surface area contributed by atoms with Crippen molar-refractivity contribution in [3.8, 4) is 0 Å². The van der Waals surface area contributed by atoms with Crippen LogP contribution < -0.4 is 0 Å². The van der Waals surface area contributed by atoms with E-state index in [0.29, 0.717) is 32.8 Å². The summed E-state index contributed by atoms with van der Waals surface area (Å²) >= 11 is 0. The number of methoxy groups -OCH3 is 1. The number of rotatable bonds is 8. The topological polar surface area (TPSA) is 68.2 Å². The van der Waals surface area contributed by atoms with Crippen LogP contribution in [0.3, 0.4) is 0 Å². The lowest BCUT2D eigenvalue weighted by molar-refractivity contribution is -0.178. The zero-order valence-electron chi connectivity index (χ0n) is 15.2. The van der Waals surface area contributed by atoms with Gasteiger partial charge in [-0.25, -0.2) is 4.79 Å². The molecule has 2 heterocycles. The molecule has 1 N–H and O–H groups in total. The highest BCUT2D eigenvalue weighted by Gasteiger charge is 2.43. The highest BCUT2D eigenvalue weighted by molar-refractivity contribution is 5.79. The number of carbonyl (C=O) groups excluding carboxylic acids is 1. The van der Waals surface area contributed by atoms with Gasteiger partial charge in [0.2, 0.25) is 0 Å². The molecule has 2 fully saturated rings. The van der Waals surface area contributed by atoms with Crippen LogP contribution in [0.25, 0.3) is 0 Å². The van der Waals surface area contributed by atoms with Crippen LogP contribution in [0.2, 0.25) is 0 Å². The Balaban J connectivity index is 1.95. The summed E-state index contributed by atoms with van der Waals surface area (Å²) in [5, 5.41) is 10.9. The standard InChI is InChI=1S/C18H33NO5/c1-3-4-5-6-7-18(21,16(20)22-2)15-19-10-13-24-17(14-19)8-11-23-12-9-17/h21H,3-15H2,1-2H3/t18-/m1/s1. The number of hydrogen-bond acceptors (Lipinski definition) is 6. The van der Waals surface area contributed by atoms with Gasteiger partial charge in [-0.05, 0) is 12.8 Å². The monoisotopic (exact) mass is 343 g/mol. The summed E-state index contributed by atoms with van der Waals surface area (Å²) in [7, 11) is 1.35. The second kappa shape index (κ2) is 9.13. The summed E-state index contributed by atoms with van der Waals surface area (Å²) in [5.74, 6) is -0.522. The third-order valence-electron chi connectivity index (χ3n) is 5.23. The van der Waals surface area contributed by atoms with Crippen molar-refractivity contribution in [2.45, 2.75) is 63.1 Å². The average molecular weight is 343 g/mol. The van der Waals surface area contributed by atoms with E-state index in [1.54, 1.807) is 0 Å². The van der Waals surface area contributed by atoms with Crippen molar-refractivity contribution in [2.24, 2.45) is 0 Å². The summed E-state index contributed by atoms with van der Waals surface area (Å²) in [4.78, 5) is 14.3. The van der Waals surface area contributed by atoms with Gasteiger partial charge in [-0.15, -0.1) is 0 Å². The van der Waals surface area contributed by atoms with E-state index in [4.69, 9.17) is 14.2 Å². The highest BCUT2D eigenvalue weighted by Crippen LogP contribution is 2.30. The quantitative estimate of drug-likeness (QED) is 0.535. The fourth-order valence-corrected chi connectivity index (χ4v) is 3.75. The molecule has 6 heteroatoms. The summed E-state index contributed by atoms with van der Waals surface area (Å²) in [6.07, 6.45) is 6.31. The Kier molecular flexibility index (Phi) is 7.47. The van der Waals surface area contributed by atoms with Crippen molar-refractivity contribution in [3.05, 3.63) is 0 Å². The van der Waals surface area contributed by atoms with E-state index in [9.17, 15) is 9.90 Å².